The number of rotatable bonds is 21. The molecule has 0 aromatic heterocycles. The number of esters is 1. The quantitative estimate of drug-likeness (QED) is 0.0879. The van der Waals surface area contributed by atoms with Crippen LogP contribution in [0.25, 0.3) is 0 Å². The summed E-state index contributed by atoms with van der Waals surface area (Å²) in [5, 5.41) is 11.7. The summed E-state index contributed by atoms with van der Waals surface area (Å²) in [6, 6.07) is 5.34. The van der Waals surface area contributed by atoms with Gasteiger partial charge in [0.15, 0.2) is 5.78 Å². The van der Waals surface area contributed by atoms with Gasteiger partial charge in [-0.2, -0.15) is 0 Å². The Hall–Kier alpha value is -3.80. The molecule has 276 valence electrons. The van der Waals surface area contributed by atoms with E-state index in [4.69, 9.17) is 10.5 Å². The van der Waals surface area contributed by atoms with E-state index in [0.29, 0.717) is 18.5 Å². The van der Waals surface area contributed by atoms with Gasteiger partial charge in [0.25, 0.3) is 0 Å². The number of nitrogens with one attached hydrogen (secondary N) is 4. The molecule has 0 aliphatic rings. The zero-order valence-corrected chi connectivity index (χ0v) is 31.1. The van der Waals surface area contributed by atoms with Crippen molar-refractivity contribution in [2.24, 2.45) is 28.9 Å². The molecule has 0 radical (unpaired) electrons. The van der Waals surface area contributed by atoms with Crippen molar-refractivity contribution in [1.29, 1.82) is 0 Å². The average molecular weight is 688 g/mol. The number of Topliss-reactive ketones (excluding diaryl/α,β-unsaturated/α-hetero) is 2. The van der Waals surface area contributed by atoms with Crippen LogP contribution in [0.4, 0.5) is 10.5 Å². The van der Waals surface area contributed by atoms with Crippen LogP contribution in [0.3, 0.4) is 0 Å². The lowest BCUT2D eigenvalue weighted by atomic mass is 9.88. The fourth-order valence-corrected chi connectivity index (χ4v) is 5.09. The Kier molecular flexibility index (Phi) is 18.2. The van der Waals surface area contributed by atoms with Gasteiger partial charge in [-0.15, -0.1) is 0 Å². The third-order valence-corrected chi connectivity index (χ3v) is 7.90. The highest BCUT2D eigenvalue weighted by atomic mass is 16.5. The van der Waals surface area contributed by atoms with E-state index in [1.807, 2.05) is 13.8 Å². The molecule has 12 nitrogen and oxygen atoms in total. The second-order valence-corrected chi connectivity index (χ2v) is 15.3. The predicted octanol–water partition coefficient (Wildman–Crippen LogP) is 5.03. The van der Waals surface area contributed by atoms with Crippen molar-refractivity contribution in [3.05, 3.63) is 29.8 Å². The minimum absolute atomic E-state index is 0.0113. The van der Waals surface area contributed by atoms with Crippen LogP contribution in [0, 0.1) is 23.2 Å². The number of nitrogens with two attached hydrogens (primary N) is 1. The zero-order valence-electron chi connectivity index (χ0n) is 31.1. The molecule has 0 saturated heterocycles. The lowest BCUT2D eigenvalue weighted by Crippen LogP contribution is -2.48. The van der Waals surface area contributed by atoms with Gasteiger partial charge in [-0.05, 0) is 104 Å². The van der Waals surface area contributed by atoms with E-state index >= 15 is 0 Å². The number of anilines is 1. The van der Waals surface area contributed by atoms with E-state index in [-0.39, 0.29) is 73.2 Å². The van der Waals surface area contributed by atoms with Gasteiger partial charge >= 0.3 is 12.0 Å². The van der Waals surface area contributed by atoms with Crippen molar-refractivity contribution < 1.29 is 33.5 Å². The van der Waals surface area contributed by atoms with Gasteiger partial charge in [-0.1, -0.05) is 32.4 Å². The molecule has 1 rings (SSSR count). The smallest absolute Gasteiger partial charge is 0.312 e. The van der Waals surface area contributed by atoms with E-state index in [9.17, 15) is 28.8 Å². The molecule has 12 heteroatoms. The Bertz CT molecular complexity index is 1250. The third kappa shape index (κ3) is 18.5. The van der Waals surface area contributed by atoms with Crippen molar-refractivity contribution in [3.63, 3.8) is 0 Å². The summed E-state index contributed by atoms with van der Waals surface area (Å²) in [7, 11) is 0. The number of hydrogen-bond acceptors (Lipinski definition) is 8. The van der Waals surface area contributed by atoms with E-state index in [0.717, 1.165) is 24.9 Å². The standard InChI is InChI=1S/C37H61N5O7/c1-24(2)31(42-33(46)27(21-25(3)43)13-10-11-20-40-37(7,8)9)30(44)22-28(14-12-19-39-35(38)48)32(45)41-29-17-15-26(16-18-29)23-49-34(47)36(4,5)6/h15-18,24,27-28,31,40H,10-14,19-23H2,1-9H3,(H,41,45)(H,42,46)(H3,38,39,48)/t27-,28-,31+/m1/s1. The van der Waals surface area contributed by atoms with Gasteiger partial charge in [0.05, 0.1) is 11.5 Å². The SMILES string of the molecule is CC(=O)C[C@@H](CCCCNC(C)(C)C)C(=O)N[C@H](C(=O)C[C@@H](CCCNC(N)=O)C(=O)Nc1ccc(COC(=O)C(C)(C)C)cc1)C(C)C. The molecule has 0 aliphatic heterocycles. The van der Waals surface area contributed by atoms with Gasteiger partial charge in [-0.3, -0.25) is 19.2 Å². The number of ketones is 2. The van der Waals surface area contributed by atoms with Crippen molar-refractivity contribution >= 4 is 41.1 Å². The number of carbonyl (C=O) groups is 6. The van der Waals surface area contributed by atoms with Crippen LogP contribution in [0.5, 0.6) is 0 Å². The fraction of sp³-hybridized carbons (Fsp3) is 0.676. The first kappa shape index (κ1) is 43.2. The molecule has 0 spiro atoms. The summed E-state index contributed by atoms with van der Waals surface area (Å²) in [5.74, 6) is -3.00. The number of hydrogen-bond donors (Lipinski definition) is 5. The lowest BCUT2D eigenvalue weighted by Gasteiger charge is -2.26. The number of unbranched alkanes of at least 4 members (excludes halogenated alkanes) is 1. The van der Waals surface area contributed by atoms with Crippen LogP contribution >= 0.6 is 0 Å². The molecular weight excluding hydrogens is 626 g/mol. The van der Waals surface area contributed by atoms with Gasteiger partial charge in [0, 0.05) is 42.4 Å². The minimum atomic E-state index is -0.848. The Morgan fingerprint density at radius 2 is 1.39 bits per heavy atom. The summed E-state index contributed by atoms with van der Waals surface area (Å²) in [6.07, 6.45) is 2.75. The third-order valence-electron chi connectivity index (χ3n) is 7.90. The molecule has 0 unspecified atom stereocenters. The average Bonchev–Trinajstić information content (AvgIpc) is 2.98. The molecule has 4 amide bonds. The second-order valence-electron chi connectivity index (χ2n) is 15.3. The van der Waals surface area contributed by atoms with Crippen LogP contribution in [-0.4, -0.2) is 60.1 Å². The van der Waals surface area contributed by atoms with Crippen molar-refractivity contribution in [2.45, 2.75) is 125 Å². The van der Waals surface area contributed by atoms with Crippen LogP contribution < -0.4 is 27.0 Å². The summed E-state index contributed by atoms with van der Waals surface area (Å²) >= 11 is 0. The number of benzene rings is 1. The highest BCUT2D eigenvalue weighted by Crippen LogP contribution is 2.22. The maximum atomic E-state index is 13.7. The van der Waals surface area contributed by atoms with Gasteiger partial charge < -0.3 is 36.5 Å². The summed E-state index contributed by atoms with van der Waals surface area (Å²) in [5.41, 5.74) is 5.80. The largest absolute Gasteiger partial charge is 0.460 e. The van der Waals surface area contributed by atoms with Crippen LogP contribution in [0.2, 0.25) is 0 Å². The molecule has 0 bridgehead atoms. The van der Waals surface area contributed by atoms with E-state index < -0.39 is 29.3 Å². The van der Waals surface area contributed by atoms with Gasteiger partial charge in [0.1, 0.15) is 12.4 Å². The van der Waals surface area contributed by atoms with Crippen LogP contribution in [-0.2, 0) is 35.3 Å². The fourth-order valence-electron chi connectivity index (χ4n) is 5.09. The number of urea groups is 1. The number of amides is 4. The molecule has 0 heterocycles. The summed E-state index contributed by atoms with van der Waals surface area (Å²) in [4.78, 5) is 75.9. The highest BCUT2D eigenvalue weighted by Gasteiger charge is 2.31. The predicted molar refractivity (Wildman–Crippen MR) is 191 cm³/mol. The summed E-state index contributed by atoms with van der Waals surface area (Å²) < 4.78 is 5.36. The molecule has 0 saturated carbocycles. The molecule has 49 heavy (non-hydrogen) atoms. The Balaban J connectivity index is 3.00. The second kappa shape index (κ2) is 20.7. The van der Waals surface area contributed by atoms with Gasteiger partial charge in [-0.25, -0.2) is 4.79 Å². The summed E-state index contributed by atoms with van der Waals surface area (Å²) in [6.45, 7) is 17.8. The maximum Gasteiger partial charge on any atom is 0.312 e. The number of ether oxygens (including phenoxy) is 1. The first-order valence-corrected chi connectivity index (χ1v) is 17.4. The van der Waals surface area contributed by atoms with Crippen molar-refractivity contribution in [2.75, 3.05) is 18.4 Å². The molecule has 3 atom stereocenters. The zero-order chi connectivity index (χ0) is 37.4. The first-order valence-electron chi connectivity index (χ1n) is 17.4. The Morgan fingerprint density at radius 1 is 0.796 bits per heavy atom. The van der Waals surface area contributed by atoms with Crippen molar-refractivity contribution in [1.82, 2.24) is 16.0 Å². The number of primary amides is 1. The molecule has 0 aliphatic carbocycles. The van der Waals surface area contributed by atoms with E-state index in [1.54, 1.807) is 45.0 Å². The Morgan fingerprint density at radius 3 is 1.92 bits per heavy atom. The molecule has 6 N–H and O–H groups in total. The number of carbonyl (C=O) groups excluding carboxylic acids is 6. The minimum Gasteiger partial charge on any atom is -0.460 e. The monoisotopic (exact) mass is 687 g/mol. The van der Waals surface area contributed by atoms with E-state index in [2.05, 4.69) is 42.0 Å². The topological polar surface area (TPSA) is 186 Å². The lowest BCUT2D eigenvalue weighted by molar-refractivity contribution is -0.154. The Labute approximate surface area is 292 Å². The van der Waals surface area contributed by atoms with Crippen LogP contribution in [0.15, 0.2) is 24.3 Å². The molecule has 1 aromatic carbocycles. The molecular formula is C37H61N5O7. The molecule has 1 aromatic rings. The highest BCUT2D eigenvalue weighted by molar-refractivity contribution is 5.97. The normalized spacial score (nSPS) is 13.6. The van der Waals surface area contributed by atoms with E-state index in [1.165, 1.54) is 6.92 Å². The maximum absolute atomic E-state index is 13.7. The first-order chi connectivity index (χ1) is 22.7. The van der Waals surface area contributed by atoms with Gasteiger partial charge in [0.2, 0.25) is 11.8 Å². The van der Waals surface area contributed by atoms with Crippen LogP contribution in [0.1, 0.15) is 113 Å². The van der Waals surface area contributed by atoms with Crippen molar-refractivity contribution in [3.8, 4) is 0 Å². The molecule has 0 fully saturated rings.